The number of nitrogens with zero attached hydrogens (tertiary/aromatic N) is 1. The van der Waals surface area contributed by atoms with Crippen molar-refractivity contribution in [1.29, 1.82) is 0 Å². The van der Waals surface area contributed by atoms with Gasteiger partial charge < -0.3 is 10.3 Å². The molecule has 0 radical (unpaired) electrons. The van der Waals surface area contributed by atoms with E-state index in [0.29, 0.717) is 0 Å². The highest BCUT2D eigenvalue weighted by atomic mass is 32.2. The van der Waals surface area contributed by atoms with E-state index in [1.807, 2.05) is 0 Å². The monoisotopic (exact) mass is 432 g/mol. The zero-order valence-corrected chi connectivity index (χ0v) is 16.5. The normalized spacial score (nSPS) is 11.1. The van der Waals surface area contributed by atoms with Crippen LogP contribution in [-0.2, 0) is 16.6 Å². The summed E-state index contributed by atoms with van der Waals surface area (Å²) >= 11 is 0. The average Bonchev–Trinajstić information content (AvgIpc) is 2.65. The molecule has 9 nitrogen and oxygen atoms in total. The molecule has 0 aliphatic rings. The Labute approximate surface area is 170 Å². The van der Waals surface area contributed by atoms with Gasteiger partial charge in [0, 0.05) is 17.4 Å². The first-order valence-electron chi connectivity index (χ1n) is 8.59. The Morgan fingerprint density at radius 2 is 1.80 bits per heavy atom. The quantitative estimate of drug-likeness (QED) is 0.541. The van der Waals surface area contributed by atoms with Crippen LogP contribution in [-0.4, -0.2) is 30.1 Å². The highest BCUT2D eigenvalue weighted by Crippen LogP contribution is 2.16. The summed E-state index contributed by atoms with van der Waals surface area (Å²) in [7, 11) is -3.51. The number of H-pyrrole nitrogens is 1. The predicted octanol–water partition coefficient (Wildman–Crippen LogP) is 1.35. The SMILES string of the molecule is CS(=O)(=O)Nc1cccc(NC(=O)c2c[nH]c(=O)n(Cc3ccccc3F)c2=O)c1. The minimum Gasteiger partial charge on any atom is -0.322 e. The summed E-state index contributed by atoms with van der Waals surface area (Å²) in [5, 5.41) is 2.46. The molecule has 0 bridgehead atoms. The number of anilines is 2. The van der Waals surface area contributed by atoms with E-state index in [-0.39, 0.29) is 29.0 Å². The Bertz CT molecular complexity index is 1330. The highest BCUT2D eigenvalue weighted by Gasteiger charge is 2.16. The van der Waals surface area contributed by atoms with E-state index in [9.17, 15) is 27.2 Å². The zero-order valence-electron chi connectivity index (χ0n) is 15.7. The summed E-state index contributed by atoms with van der Waals surface area (Å²) in [6.07, 6.45) is 1.95. The summed E-state index contributed by atoms with van der Waals surface area (Å²) in [6, 6.07) is 11.5. The van der Waals surface area contributed by atoms with Gasteiger partial charge in [-0.2, -0.15) is 0 Å². The fourth-order valence-electron chi connectivity index (χ4n) is 2.69. The molecule has 0 atom stereocenters. The first kappa shape index (κ1) is 21.0. The molecule has 2 aromatic carbocycles. The minimum absolute atomic E-state index is 0.113. The number of amides is 1. The van der Waals surface area contributed by atoms with Crippen LogP contribution in [0.3, 0.4) is 0 Å². The molecule has 0 fully saturated rings. The van der Waals surface area contributed by atoms with Gasteiger partial charge in [-0.05, 0) is 24.3 Å². The molecule has 1 heterocycles. The summed E-state index contributed by atoms with van der Waals surface area (Å²) in [5.74, 6) is -1.41. The first-order valence-corrected chi connectivity index (χ1v) is 10.5. The lowest BCUT2D eigenvalue weighted by Gasteiger charge is -2.10. The number of aromatic nitrogens is 2. The molecule has 3 N–H and O–H groups in total. The molecule has 3 aromatic rings. The van der Waals surface area contributed by atoms with Crippen LogP contribution in [0, 0.1) is 5.82 Å². The maximum absolute atomic E-state index is 13.9. The van der Waals surface area contributed by atoms with Gasteiger partial charge in [0.1, 0.15) is 11.4 Å². The third-order valence-corrected chi connectivity index (χ3v) is 4.62. The molecule has 0 aliphatic carbocycles. The number of carbonyl (C=O) groups is 1. The number of rotatable bonds is 6. The number of hydrogen-bond acceptors (Lipinski definition) is 5. The van der Waals surface area contributed by atoms with E-state index in [1.165, 1.54) is 42.5 Å². The number of halogens is 1. The van der Waals surface area contributed by atoms with Gasteiger partial charge in [-0.3, -0.25) is 18.9 Å². The molecule has 30 heavy (non-hydrogen) atoms. The van der Waals surface area contributed by atoms with E-state index >= 15 is 0 Å². The fraction of sp³-hybridized carbons (Fsp3) is 0.105. The van der Waals surface area contributed by atoms with Gasteiger partial charge in [-0.25, -0.2) is 17.6 Å². The smallest absolute Gasteiger partial charge is 0.322 e. The summed E-state index contributed by atoms with van der Waals surface area (Å²) in [5.41, 5.74) is -1.51. The molecule has 0 aliphatic heterocycles. The highest BCUT2D eigenvalue weighted by molar-refractivity contribution is 7.92. The second kappa shape index (κ2) is 8.33. The predicted molar refractivity (Wildman–Crippen MR) is 110 cm³/mol. The average molecular weight is 432 g/mol. The van der Waals surface area contributed by atoms with Crippen LogP contribution in [0.25, 0.3) is 0 Å². The van der Waals surface area contributed by atoms with Gasteiger partial charge in [0.15, 0.2) is 0 Å². The minimum atomic E-state index is -3.51. The van der Waals surface area contributed by atoms with Gasteiger partial charge >= 0.3 is 5.69 Å². The molecule has 156 valence electrons. The summed E-state index contributed by atoms with van der Waals surface area (Å²) < 4.78 is 39.6. The van der Waals surface area contributed by atoms with Crippen molar-refractivity contribution in [2.75, 3.05) is 16.3 Å². The summed E-state index contributed by atoms with van der Waals surface area (Å²) in [4.78, 5) is 39.6. The van der Waals surface area contributed by atoms with Crippen molar-refractivity contribution in [2.45, 2.75) is 6.54 Å². The molecule has 0 saturated heterocycles. The molecule has 1 aromatic heterocycles. The molecule has 0 unspecified atom stereocenters. The fourth-order valence-corrected chi connectivity index (χ4v) is 3.24. The topological polar surface area (TPSA) is 130 Å². The molecule has 0 saturated carbocycles. The van der Waals surface area contributed by atoms with E-state index in [0.717, 1.165) is 17.0 Å². The second-order valence-electron chi connectivity index (χ2n) is 6.40. The molecule has 1 amide bonds. The number of sulfonamides is 1. The second-order valence-corrected chi connectivity index (χ2v) is 8.15. The van der Waals surface area contributed by atoms with Crippen LogP contribution in [0.1, 0.15) is 15.9 Å². The lowest BCUT2D eigenvalue weighted by molar-refractivity contribution is 0.102. The Morgan fingerprint density at radius 1 is 1.10 bits per heavy atom. The lowest BCUT2D eigenvalue weighted by atomic mass is 10.2. The van der Waals surface area contributed by atoms with Crippen LogP contribution in [0.4, 0.5) is 15.8 Å². The molecule has 3 rings (SSSR count). The third kappa shape index (κ3) is 5.00. The van der Waals surface area contributed by atoms with Crippen molar-refractivity contribution >= 4 is 27.3 Å². The standard InChI is InChI=1S/C19H17FN4O5S/c1-30(28,29)23-14-7-4-6-13(9-14)22-17(25)15-10-21-19(27)24(18(15)26)11-12-5-2-3-8-16(12)20/h2-10,23H,11H2,1H3,(H,21,27)(H,22,25). The van der Waals surface area contributed by atoms with Crippen molar-refractivity contribution in [3.05, 3.63) is 92.5 Å². The van der Waals surface area contributed by atoms with E-state index in [1.54, 1.807) is 6.07 Å². The van der Waals surface area contributed by atoms with E-state index in [4.69, 9.17) is 0 Å². The van der Waals surface area contributed by atoms with Crippen LogP contribution in [0.2, 0.25) is 0 Å². The number of carbonyl (C=O) groups excluding carboxylic acids is 1. The number of aromatic amines is 1. The van der Waals surface area contributed by atoms with Crippen molar-refractivity contribution in [3.63, 3.8) is 0 Å². The Balaban J connectivity index is 1.89. The third-order valence-electron chi connectivity index (χ3n) is 4.02. The van der Waals surface area contributed by atoms with Gasteiger partial charge in [0.2, 0.25) is 10.0 Å². The lowest BCUT2D eigenvalue weighted by Crippen LogP contribution is -2.39. The van der Waals surface area contributed by atoms with Gasteiger partial charge in [0.05, 0.1) is 18.5 Å². The van der Waals surface area contributed by atoms with Gasteiger partial charge in [-0.1, -0.05) is 24.3 Å². The molecule has 0 spiro atoms. The molecular formula is C19H17FN4O5S. The summed E-state index contributed by atoms with van der Waals surface area (Å²) in [6.45, 7) is -0.351. The molecule has 11 heteroatoms. The number of benzene rings is 2. The Kier molecular flexibility index (Phi) is 5.83. The largest absolute Gasteiger partial charge is 0.328 e. The van der Waals surface area contributed by atoms with E-state index < -0.39 is 33.0 Å². The van der Waals surface area contributed by atoms with E-state index in [2.05, 4.69) is 15.0 Å². The maximum atomic E-state index is 13.9. The van der Waals surface area contributed by atoms with Crippen molar-refractivity contribution < 1.29 is 17.6 Å². The Hall–Kier alpha value is -3.73. The van der Waals surface area contributed by atoms with Crippen LogP contribution >= 0.6 is 0 Å². The van der Waals surface area contributed by atoms with Crippen molar-refractivity contribution in [2.24, 2.45) is 0 Å². The zero-order chi connectivity index (χ0) is 21.9. The number of nitrogens with one attached hydrogen (secondary N) is 3. The Morgan fingerprint density at radius 3 is 2.50 bits per heavy atom. The van der Waals surface area contributed by atoms with Crippen LogP contribution in [0.5, 0.6) is 0 Å². The first-order chi connectivity index (χ1) is 14.1. The van der Waals surface area contributed by atoms with Crippen molar-refractivity contribution in [1.82, 2.24) is 9.55 Å². The van der Waals surface area contributed by atoms with Gasteiger partial charge in [0.25, 0.3) is 11.5 Å². The molecular weight excluding hydrogens is 415 g/mol. The number of hydrogen-bond donors (Lipinski definition) is 3. The van der Waals surface area contributed by atoms with Crippen LogP contribution < -0.4 is 21.3 Å². The van der Waals surface area contributed by atoms with Gasteiger partial charge in [-0.15, -0.1) is 0 Å². The maximum Gasteiger partial charge on any atom is 0.328 e. The van der Waals surface area contributed by atoms with Crippen molar-refractivity contribution in [3.8, 4) is 0 Å². The van der Waals surface area contributed by atoms with Crippen LogP contribution in [0.15, 0.2) is 64.3 Å².